The van der Waals surface area contributed by atoms with Gasteiger partial charge in [-0.3, -0.25) is 4.90 Å². The van der Waals surface area contributed by atoms with E-state index in [2.05, 4.69) is 21.9 Å². The molecule has 2 heterocycles. The van der Waals surface area contributed by atoms with Crippen LogP contribution in [0.1, 0.15) is 25.7 Å². The fraction of sp³-hybridized carbons (Fsp3) is 0.667. The SMILES string of the molecule is OC1C[C@@H]2CN(C3CCN(c4ccc(Cl)cc4)CC3)C[C@@H]2C1. The molecule has 3 fully saturated rings. The fourth-order valence-electron chi connectivity index (χ4n) is 4.74. The molecule has 1 N–H and O–H groups in total. The monoisotopic (exact) mass is 320 g/mol. The van der Waals surface area contributed by atoms with E-state index < -0.39 is 0 Å². The van der Waals surface area contributed by atoms with Gasteiger partial charge in [-0.2, -0.15) is 0 Å². The minimum atomic E-state index is -0.0242. The zero-order valence-corrected chi connectivity index (χ0v) is 13.8. The van der Waals surface area contributed by atoms with Gasteiger partial charge in [0.25, 0.3) is 0 Å². The van der Waals surface area contributed by atoms with Crippen LogP contribution in [0.2, 0.25) is 5.02 Å². The van der Waals surface area contributed by atoms with E-state index in [1.807, 2.05) is 12.1 Å². The quantitative estimate of drug-likeness (QED) is 0.907. The van der Waals surface area contributed by atoms with Crippen molar-refractivity contribution in [3.8, 4) is 0 Å². The van der Waals surface area contributed by atoms with Crippen LogP contribution in [0.25, 0.3) is 0 Å². The summed E-state index contributed by atoms with van der Waals surface area (Å²) >= 11 is 5.97. The Kier molecular flexibility index (Phi) is 4.05. The van der Waals surface area contributed by atoms with Gasteiger partial charge in [-0.25, -0.2) is 0 Å². The molecule has 22 heavy (non-hydrogen) atoms. The van der Waals surface area contributed by atoms with Crippen LogP contribution in [0, 0.1) is 11.8 Å². The maximum absolute atomic E-state index is 9.78. The minimum Gasteiger partial charge on any atom is -0.393 e. The number of anilines is 1. The summed E-state index contributed by atoms with van der Waals surface area (Å²) < 4.78 is 0. The maximum Gasteiger partial charge on any atom is 0.0546 e. The highest BCUT2D eigenvalue weighted by atomic mass is 35.5. The van der Waals surface area contributed by atoms with Gasteiger partial charge in [-0.1, -0.05) is 11.6 Å². The van der Waals surface area contributed by atoms with Crippen LogP contribution in [0.5, 0.6) is 0 Å². The van der Waals surface area contributed by atoms with Gasteiger partial charge in [0, 0.05) is 42.9 Å². The number of hydrogen-bond donors (Lipinski definition) is 1. The highest BCUT2D eigenvalue weighted by Crippen LogP contribution is 2.40. The maximum atomic E-state index is 9.78. The Hall–Kier alpha value is -0.770. The zero-order valence-electron chi connectivity index (χ0n) is 13.0. The molecule has 120 valence electrons. The standard InChI is InChI=1S/C18H25ClN2O/c19-15-1-3-16(4-2-15)20-7-5-17(6-8-20)21-11-13-9-18(22)10-14(13)12-21/h1-4,13-14,17-18,22H,5-12H2/t13-,14+,18?. The molecule has 0 aromatic heterocycles. The van der Waals surface area contributed by atoms with Gasteiger partial charge < -0.3 is 10.0 Å². The van der Waals surface area contributed by atoms with Crippen molar-refractivity contribution in [3.05, 3.63) is 29.3 Å². The van der Waals surface area contributed by atoms with Gasteiger partial charge in [0.05, 0.1) is 6.10 Å². The molecule has 0 amide bonds. The van der Waals surface area contributed by atoms with E-state index >= 15 is 0 Å². The van der Waals surface area contributed by atoms with Crippen molar-refractivity contribution in [2.45, 2.75) is 37.8 Å². The van der Waals surface area contributed by atoms with E-state index in [9.17, 15) is 5.11 Å². The number of nitrogens with zero attached hydrogens (tertiary/aromatic N) is 2. The van der Waals surface area contributed by atoms with Crippen molar-refractivity contribution < 1.29 is 5.11 Å². The molecule has 1 saturated carbocycles. The molecule has 1 aromatic rings. The molecule has 4 rings (SSSR count). The van der Waals surface area contributed by atoms with Crippen LogP contribution in [0.3, 0.4) is 0 Å². The number of rotatable bonds is 2. The van der Waals surface area contributed by atoms with Gasteiger partial charge in [0.1, 0.15) is 0 Å². The Balaban J connectivity index is 1.32. The average molecular weight is 321 g/mol. The van der Waals surface area contributed by atoms with E-state index in [-0.39, 0.29) is 6.10 Å². The van der Waals surface area contributed by atoms with Crippen LogP contribution in [-0.4, -0.2) is 48.3 Å². The summed E-state index contributed by atoms with van der Waals surface area (Å²) in [6, 6.07) is 8.96. The normalized spacial score (nSPS) is 33.4. The summed E-state index contributed by atoms with van der Waals surface area (Å²) in [5.74, 6) is 1.51. The lowest BCUT2D eigenvalue weighted by Gasteiger charge is -2.38. The Morgan fingerprint density at radius 3 is 2.14 bits per heavy atom. The number of piperidine rings is 1. The number of aliphatic hydroxyl groups excluding tert-OH is 1. The fourth-order valence-corrected chi connectivity index (χ4v) is 4.87. The minimum absolute atomic E-state index is 0.0242. The first-order valence-electron chi connectivity index (χ1n) is 8.61. The van der Waals surface area contributed by atoms with Crippen molar-refractivity contribution in [1.82, 2.24) is 4.90 Å². The molecule has 0 bridgehead atoms. The molecule has 1 unspecified atom stereocenters. The topological polar surface area (TPSA) is 26.7 Å². The molecule has 4 heteroatoms. The Morgan fingerprint density at radius 1 is 0.955 bits per heavy atom. The third kappa shape index (κ3) is 2.86. The molecule has 1 aliphatic carbocycles. The van der Waals surface area contributed by atoms with E-state index in [0.717, 1.165) is 48.8 Å². The third-order valence-corrected chi connectivity index (χ3v) is 6.18. The van der Waals surface area contributed by atoms with Gasteiger partial charge in [-0.15, -0.1) is 0 Å². The second-order valence-corrected chi connectivity index (χ2v) is 7.73. The number of likely N-dealkylation sites (tertiary alicyclic amines) is 1. The first-order chi connectivity index (χ1) is 10.7. The Labute approximate surface area is 137 Å². The van der Waals surface area contributed by atoms with Crippen LogP contribution in [0.4, 0.5) is 5.69 Å². The average Bonchev–Trinajstić information content (AvgIpc) is 3.05. The number of aliphatic hydroxyl groups is 1. The zero-order chi connectivity index (χ0) is 15.1. The van der Waals surface area contributed by atoms with Crippen LogP contribution in [0.15, 0.2) is 24.3 Å². The molecule has 0 spiro atoms. The Bertz CT molecular complexity index is 498. The molecule has 3 aliphatic rings. The lowest BCUT2D eigenvalue weighted by Crippen LogP contribution is -2.44. The van der Waals surface area contributed by atoms with Crippen molar-refractivity contribution in [3.63, 3.8) is 0 Å². The van der Waals surface area contributed by atoms with Gasteiger partial charge >= 0.3 is 0 Å². The highest BCUT2D eigenvalue weighted by molar-refractivity contribution is 6.30. The first kappa shape index (κ1) is 14.8. The van der Waals surface area contributed by atoms with E-state index in [1.165, 1.54) is 31.6 Å². The number of hydrogen-bond acceptors (Lipinski definition) is 3. The van der Waals surface area contributed by atoms with Crippen LogP contribution < -0.4 is 4.90 Å². The smallest absolute Gasteiger partial charge is 0.0546 e. The number of halogens is 1. The van der Waals surface area contributed by atoms with E-state index in [4.69, 9.17) is 11.6 Å². The van der Waals surface area contributed by atoms with Crippen molar-refractivity contribution in [1.29, 1.82) is 0 Å². The van der Waals surface area contributed by atoms with Crippen LogP contribution >= 0.6 is 11.6 Å². The predicted octanol–water partition coefficient (Wildman–Crippen LogP) is 3.01. The second kappa shape index (κ2) is 6.03. The molecule has 0 radical (unpaired) electrons. The molecule has 3 nitrogen and oxygen atoms in total. The summed E-state index contributed by atoms with van der Waals surface area (Å²) in [7, 11) is 0. The van der Waals surface area contributed by atoms with Crippen molar-refractivity contribution in [2.75, 3.05) is 31.1 Å². The van der Waals surface area contributed by atoms with Crippen molar-refractivity contribution in [2.24, 2.45) is 11.8 Å². The third-order valence-electron chi connectivity index (χ3n) is 5.93. The van der Waals surface area contributed by atoms with E-state index in [0.29, 0.717) is 0 Å². The summed E-state index contributed by atoms with van der Waals surface area (Å²) in [6.45, 7) is 4.71. The Morgan fingerprint density at radius 2 is 1.55 bits per heavy atom. The molecule has 2 aliphatic heterocycles. The largest absolute Gasteiger partial charge is 0.393 e. The second-order valence-electron chi connectivity index (χ2n) is 7.29. The van der Waals surface area contributed by atoms with E-state index in [1.54, 1.807) is 0 Å². The number of benzene rings is 1. The lowest BCUT2D eigenvalue weighted by atomic mass is 10.0. The molecule has 3 atom stereocenters. The molecular weight excluding hydrogens is 296 g/mol. The lowest BCUT2D eigenvalue weighted by molar-refractivity contribution is 0.144. The molecule has 1 aromatic carbocycles. The van der Waals surface area contributed by atoms with Crippen LogP contribution in [-0.2, 0) is 0 Å². The summed E-state index contributed by atoms with van der Waals surface area (Å²) in [5.41, 5.74) is 1.30. The summed E-state index contributed by atoms with van der Waals surface area (Å²) in [5, 5.41) is 10.6. The molecular formula is C18H25ClN2O. The van der Waals surface area contributed by atoms with Crippen molar-refractivity contribution >= 4 is 17.3 Å². The summed E-state index contributed by atoms with van der Waals surface area (Å²) in [4.78, 5) is 5.19. The van der Waals surface area contributed by atoms with Gasteiger partial charge in [0.2, 0.25) is 0 Å². The summed E-state index contributed by atoms with van der Waals surface area (Å²) in [6.07, 6.45) is 4.55. The predicted molar refractivity (Wildman–Crippen MR) is 90.5 cm³/mol. The molecule has 2 saturated heterocycles. The van der Waals surface area contributed by atoms with Gasteiger partial charge in [-0.05, 0) is 61.8 Å². The number of fused-ring (bicyclic) bond motifs is 1. The first-order valence-corrected chi connectivity index (χ1v) is 8.99. The van der Waals surface area contributed by atoms with Gasteiger partial charge in [0.15, 0.2) is 0 Å². The highest BCUT2D eigenvalue weighted by Gasteiger charge is 2.42.